The van der Waals surface area contributed by atoms with Crippen molar-refractivity contribution in [3.05, 3.63) is 18.0 Å². The van der Waals surface area contributed by atoms with Gasteiger partial charge < -0.3 is 5.32 Å². The van der Waals surface area contributed by atoms with Crippen molar-refractivity contribution in [2.75, 3.05) is 0 Å². The molecule has 1 aliphatic carbocycles. The summed E-state index contributed by atoms with van der Waals surface area (Å²) in [4.78, 5) is 11.8. The van der Waals surface area contributed by atoms with Crippen LogP contribution in [0.25, 0.3) is 0 Å². The van der Waals surface area contributed by atoms with Crippen LogP contribution in [0.4, 0.5) is 17.6 Å². The number of alkyl halides is 4. The Morgan fingerprint density at radius 1 is 1.25 bits per heavy atom. The molecule has 0 aliphatic heterocycles. The van der Waals surface area contributed by atoms with E-state index in [0.29, 0.717) is 30.4 Å². The van der Waals surface area contributed by atoms with Gasteiger partial charge in [0.05, 0.1) is 0 Å². The molecule has 0 aromatic carbocycles. The van der Waals surface area contributed by atoms with E-state index < -0.39 is 24.8 Å². The molecule has 112 valence electrons. The number of carbonyl (C=O) groups is 1. The Hall–Kier alpha value is -1.60. The molecule has 1 fully saturated rings. The van der Waals surface area contributed by atoms with Gasteiger partial charge in [0.25, 0.3) is 5.91 Å². The molecule has 0 radical (unpaired) electrons. The number of nitrogens with zero attached hydrogens (tertiary/aromatic N) is 2. The summed E-state index contributed by atoms with van der Waals surface area (Å²) in [5, 5.41) is 6.10. The third kappa shape index (κ3) is 3.49. The molecule has 1 amide bonds. The maximum atomic E-state index is 12.5. The first-order valence-corrected chi connectivity index (χ1v) is 6.39. The van der Waals surface area contributed by atoms with Crippen molar-refractivity contribution >= 4 is 5.91 Å². The molecule has 1 N–H and O–H groups in total. The monoisotopic (exact) mass is 293 g/mol. The van der Waals surface area contributed by atoms with Gasteiger partial charge in [-0.2, -0.15) is 13.9 Å². The van der Waals surface area contributed by atoms with Crippen LogP contribution in [-0.4, -0.2) is 28.2 Å². The number of amides is 1. The average molecular weight is 293 g/mol. The Labute approximate surface area is 113 Å². The molecule has 0 bridgehead atoms. The summed E-state index contributed by atoms with van der Waals surface area (Å²) in [6.45, 7) is -2.79. The fraction of sp³-hybridized carbons (Fsp3) is 0.667. The number of hydrogen-bond acceptors (Lipinski definition) is 2. The van der Waals surface area contributed by atoms with Crippen molar-refractivity contribution in [1.29, 1.82) is 0 Å². The Morgan fingerprint density at radius 3 is 2.40 bits per heavy atom. The zero-order chi connectivity index (χ0) is 14.7. The number of hydrogen-bond donors (Lipinski definition) is 1. The van der Waals surface area contributed by atoms with Crippen molar-refractivity contribution in [3.63, 3.8) is 0 Å². The normalized spacial score (nSPS) is 23.3. The molecule has 1 aromatic rings. The van der Waals surface area contributed by atoms with Crippen molar-refractivity contribution in [3.8, 4) is 0 Å². The highest BCUT2D eigenvalue weighted by molar-refractivity contribution is 5.92. The van der Waals surface area contributed by atoms with E-state index in [0.717, 1.165) is 6.20 Å². The SMILES string of the molecule is O=C(NC1CCC(C(F)F)CC1)c1ccn(C(F)F)n1. The summed E-state index contributed by atoms with van der Waals surface area (Å²) in [5.41, 5.74) is -0.0960. The minimum Gasteiger partial charge on any atom is -0.348 e. The molecule has 2 rings (SSSR count). The summed E-state index contributed by atoms with van der Waals surface area (Å²) in [7, 11) is 0. The second-order valence-corrected chi connectivity index (χ2v) is 4.88. The molecule has 1 heterocycles. The van der Waals surface area contributed by atoms with Crippen molar-refractivity contribution in [2.45, 2.75) is 44.7 Å². The Bertz CT molecular complexity index is 455. The van der Waals surface area contributed by atoms with Crippen LogP contribution in [0.1, 0.15) is 42.7 Å². The summed E-state index contributed by atoms with van der Waals surface area (Å²) < 4.78 is 50.0. The summed E-state index contributed by atoms with van der Waals surface area (Å²) in [6, 6.07) is 1.00. The van der Waals surface area contributed by atoms with Crippen LogP contribution in [0.5, 0.6) is 0 Å². The first kappa shape index (κ1) is 14.8. The van der Waals surface area contributed by atoms with E-state index in [1.807, 2.05) is 0 Å². The number of nitrogens with one attached hydrogen (secondary N) is 1. The van der Waals surface area contributed by atoms with Gasteiger partial charge in [-0.05, 0) is 31.7 Å². The molecule has 0 atom stereocenters. The van der Waals surface area contributed by atoms with E-state index in [1.165, 1.54) is 6.07 Å². The highest BCUT2D eigenvalue weighted by Crippen LogP contribution is 2.29. The summed E-state index contributed by atoms with van der Waals surface area (Å²) >= 11 is 0. The molecule has 20 heavy (non-hydrogen) atoms. The number of halogens is 4. The van der Waals surface area contributed by atoms with Gasteiger partial charge in [0, 0.05) is 18.2 Å². The third-order valence-corrected chi connectivity index (χ3v) is 3.50. The lowest BCUT2D eigenvalue weighted by Gasteiger charge is -2.28. The molecule has 0 spiro atoms. The van der Waals surface area contributed by atoms with E-state index in [4.69, 9.17) is 0 Å². The Balaban J connectivity index is 1.86. The van der Waals surface area contributed by atoms with Crippen LogP contribution < -0.4 is 5.32 Å². The van der Waals surface area contributed by atoms with Crippen LogP contribution in [0.3, 0.4) is 0 Å². The zero-order valence-electron chi connectivity index (χ0n) is 10.6. The van der Waals surface area contributed by atoms with Crippen LogP contribution in [-0.2, 0) is 0 Å². The first-order valence-electron chi connectivity index (χ1n) is 6.39. The highest BCUT2D eigenvalue weighted by Gasteiger charge is 2.28. The van der Waals surface area contributed by atoms with Crippen molar-refractivity contribution in [1.82, 2.24) is 15.1 Å². The fourth-order valence-corrected chi connectivity index (χ4v) is 2.34. The van der Waals surface area contributed by atoms with E-state index in [1.54, 1.807) is 0 Å². The second-order valence-electron chi connectivity index (χ2n) is 4.88. The molecule has 1 aliphatic rings. The molecule has 0 saturated heterocycles. The first-order chi connectivity index (χ1) is 9.47. The predicted octanol–water partition coefficient (Wildman–Crippen LogP) is 2.83. The van der Waals surface area contributed by atoms with Gasteiger partial charge in [-0.15, -0.1) is 0 Å². The minimum atomic E-state index is -2.79. The average Bonchev–Trinajstić information content (AvgIpc) is 2.89. The van der Waals surface area contributed by atoms with Crippen LogP contribution in [0.15, 0.2) is 12.3 Å². The molecular formula is C12H15F4N3O. The minimum absolute atomic E-state index is 0.0960. The number of carbonyl (C=O) groups excluding carboxylic acids is 1. The third-order valence-electron chi connectivity index (χ3n) is 3.50. The van der Waals surface area contributed by atoms with Crippen LogP contribution >= 0.6 is 0 Å². The van der Waals surface area contributed by atoms with E-state index >= 15 is 0 Å². The van der Waals surface area contributed by atoms with E-state index in [-0.39, 0.29) is 11.7 Å². The van der Waals surface area contributed by atoms with E-state index in [9.17, 15) is 22.4 Å². The van der Waals surface area contributed by atoms with Gasteiger partial charge in [-0.1, -0.05) is 0 Å². The summed E-state index contributed by atoms with van der Waals surface area (Å²) in [5.74, 6) is -1.16. The largest absolute Gasteiger partial charge is 0.348 e. The number of rotatable bonds is 4. The molecule has 0 unspecified atom stereocenters. The lowest BCUT2D eigenvalue weighted by Crippen LogP contribution is -2.38. The Kier molecular flexibility index (Phi) is 4.61. The predicted molar refractivity (Wildman–Crippen MR) is 62.7 cm³/mol. The van der Waals surface area contributed by atoms with Gasteiger partial charge in [0.1, 0.15) is 5.69 Å². The maximum Gasteiger partial charge on any atom is 0.333 e. The van der Waals surface area contributed by atoms with Crippen molar-refractivity contribution in [2.24, 2.45) is 5.92 Å². The van der Waals surface area contributed by atoms with Gasteiger partial charge in [-0.3, -0.25) is 4.79 Å². The number of aromatic nitrogens is 2. The van der Waals surface area contributed by atoms with Gasteiger partial charge >= 0.3 is 6.55 Å². The van der Waals surface area contributed by atoms with E-state index in [2.05, 4.69) is 10.4 Å². The van der Waals surface area contributed by atoms with Gasteiger partial charge in [0.2, 0.25) is 6.43 Å². The smallest absolute Gasteiger partial charge is 0.333 e. The second kappa shape index (κ2) is 6.23. The highest BCUT2D eigenvalue weighted by atomic mass is 19.3. The van der Waals surface area contributed by atoms with Crippen LogP contribution in [0.2, 0.25) is 0 Å². The molecule has 8 heteroatoms. The van der Waals surface area contributed by atoms with Gasteiger partial charge in [0.15, 0.2) is 0 Å². The molecule has 1 aromatic heterocycles. The lowest BCUT2D eigenvalue weighted by molar-refractivity contribution is 0.0497. The maximum absolute atomic E-state index is 12.5. The fourth-order valence-electron chi connectivity index (χ4n) is 2.34. The zero-order valence-corrected chi connectivity index (χ0v) is 10.6. The summed E-state index contributed by atoms with van der Waals surface area (Å²) in [6.07, 6.45) is 0.343. The van der Waals surface area contributed by atoms with Crippen LogP contribution in [0, 0.1) is 5.92 Å². The molecular weight excluding hydrogens is 278 g/mol. The molecule has 4 nitrogen and oxygen atoms in total. The van der Waals surface area contributed by atoms with Crippen molar-refractivity contribution < 1.29 is 22.4 Å². The molecule has 1 saturated carbocycles. The topological polar surface area (TPSA) is 46.9 Å². The lowest BCUT2D eigenvalue weighted by atomic mass is 9.86. The van der Waals surface area contributed by atoms with Gasteiger partial charge in [-0.25, -0.2) is 13.5 Å². The Morgan fingerprint density at radius 2 is 1.90 bits per heavy atom. The standard InChI is InChI=1S/C12H15F4N3O/c13-10(14)7-1-3-8(4-2-7)17-11(20)9-5-6-19(18-9)12(15)16/h5-8,10,12H,1-4H2,(H,17,20). The quantitative estimate of drug-likeness (QED) is 0.868.